The Bertz CT molecular complexity index is 1370. The van der Waals surface area contributed by atoms with Gasteiger partial charge in [0.05, 0.1) is 12.8 Å². The second kappa shape index (κ2) is 12.9. The second-order valence-electron chi connectivity index (χ2n) is 10.5. The summed E-state index contributed by atoms with van der Waals surface area (Å²) in [5.41, 5.74) is 9.97. The highest BCUT2D eigenvalue weighted by Gasteiger charge is 2.24. The maximum absolute atomic E-state index is 6.42. The fourth-order valence-corrected chi connectivity index (χ4v) is 5.68. The van der Waals surface area contributed by atoms with E-state index >= 15 is 0 Å². The Balaban J connectivity index is 1.20. The third kappa shape index (κ3) is 6.45. The van der Waals surface area contributed by atoms with Crippen molar-refractivity contribution in [3.63, 3.8) is 0 Å². The molecule has 0 atom stereocenters. The molecule has 1 aliphatic rings. The van der Waals surface area contributed by atoms with Gasteiger partial charge in [-0.1, -0.05) is 54.6 Å². The topological polar surface area (TPSA) is 67.2 Å². The second-order valence-corrected chi connectivity index (χ2v) is 10.5. The van der Waals surface area contributed by atoms with Crippen molar-refractivity contribution in [2.45, 2.75) is 38.5 Å². The third-order valence-electron chi connectivity index (χ3n) is 7.90. The molecule has 204 valence electrons. The van der Waals surface area contributed by atoms with Crippen LogP contribution in [0.25, 0.3) is 10.8 Å². The summed E-state index contributed by atoms with van der Waals surface area (Å²) >= 11 is 0. The van der Waals surface area contributed by atoms with Gasteiger partial charge in [-0.05, 0) is 93.4 Å². The van der Waals surface area contributed by atoms with Gasteiger partial charge in [-0.2, -0.15) is 0 Å². The van der Waals surface area contributed by atoms with Crippen LogP contribution in [0.2, 0.25) is 0 Å². The molecular formula is C33H40N4O2. The van der Waals surface area contributed by atoms with Crippen LogP contribution in [0.1, 0.15) is 36.8 Å². The van der Waals surface area contributed by atoms with Gasteiger partial charge in [0.25, 0.3) is 0 Å². The molecule has 39 heavy (non-hydrogen) atoms. The Kier molecular flexibility index (Phi) is 8.84. The van der Waals surface area contributed by atoms with E-state index in [0.29, 0.717) is 11.8 Å². The minimum Gasteiger partial charge on any atom is -0.495 e. The Hall–Kier alpha value is -3.77. The fourth-order valence-electron chi connectivity index (χ4n) is 5.68. The third-order valence-corrected chi connectivity index (χ3v) is 7.90. The number of ether oxygens (including phenoxy) is 1. The van der Waals surface area contributed by atoms with E-state index < -0.39 is 0 Å². The molecule has 1 fully saturated rings. The fraction of sp³-hybridized carbons (Fsp3) is 0.364. The van der Waals surface area contributed by atoms with Crippen LogP contribution in [-0.2, 0) is 12.8 Å². The van der Waals surface area contributed by atoms with Gasteiger partial charge in [0.1, 0.15) is 12.0 Å². The van der Waals surface area contributed by atoms with E-state index in [1.807, 2.05) is 35.2 Å². The minimum absolute atomic E-state index is 0.348. The predicted molar refractivity (Wildman–Crippen MR) is 161 cm³/mol. The van der Waals surface area contributed by atoms with E-state index in [1.54, 1.807) is 20.4 Å². The number of guanidine groups is 1. The van der Waals surface area contributed by atoms with Crippen LogP contribution in [-0.4, -0.2) is 44.7 Å². The summed E-state index contributed by atoms with van der Waals surface area (Å²) in [7, 11) is 3.37. The molecule has 2 heterocycles. The van der Waals surface area contributed by atoms with Crippen molar-refractivity contribution < 1.29 is 9.15 Å². The molecular weight excluding hydrogens is 484 g/mol. The summed E-state index contributed by atoms with van der Waals surface area (Å²) < 4.78 is 11.7. The van der Waals surface area contributed by atoms with Crippen molar-refractivity contribution in [2.75, 3.05) is 38.7 Å². The molecule has 3 aromatic carbocycles. The van der Waals surface area contributed by atoms with Gasteiger partial charge in [0, 0.05) is 17.8 Å². The maximum atomic E-state index is 6.42. The number of unbranched alkanes of at least 4 members (excludes halogenated alkanes) is 1. The van der Waals surface area contributed by atoms with Crippen molar-refractivity contribution in [3.8, 4) is 5.75 Å². The summed E-state index contributed by atoms with van der Waals surface area (Å²) in [6.07, 6.45) is 8.89. The first-order valence-corrected chi connectivity index (χ1v) is 14.1. The summed E-state index contributed by atoms with van der Waals surface area (Å²) in [6, 6.07) is 25.3. The lowest BCUT2D eigenvalue weighted by atomic mass is 9.90. The molecule has 1 aromatic heterocycles. The monoisotopic (exact) mass is 524 g/mol. The highest BCUT2D eigenvalue weighted by atomic mass is 16.5. The molecule has 6 nitrogen and oxygen atoms in total. The van der Waals surface area contributed by atoms with Gasteiger partial charge < -0.3 is 19.8 Å². The Labute approximate surface area is 232 Å². The molecule has 5 rings (SSSR count). The largest absolute Gasteiger partial charge is 0.495 e. The summed E-state index contributed by atoms with van der Waals surface area (Å²) in [5, 5.41) is 1.99. The van der Waals surface area contributed by atoms with E-state index in [-0.39, 0.29) is 0 Å². The van der Waals surface area contributed by atoms with E-state index in [9.17, 15) is 0 Å². The first-order chi connectivity index (χ1) is 19.2. The molecule has 2 N–H and O–H groups in total. The lowest BCUT2D eigenvalue weighted by Gasteiger charge is -2.32. The Morgan fingerprint density at radius 3 is 2.54 bits per heavy atom. The van der Waals surface area contributed by atoms with Crippen molar-refractivity contribution in [1.82, 2.24) is 4.90 Å². The number of nitrogens with two attached hydrogens (primary N) is 1. The summed E-state index contributed by atoms with van der Waals surface area (Å²) in [5.74, 6) is 2.53. The first-order valence-electron chi connectivity index (χ1n) is 14.1. The van der Waals surface area contributed by atoms with Crippen LogP contribution in [0.15, 0.2) is 88.5 Å². The lowest BCUT2D eigenvalue weighted by molar-refractivity contribution is 0.181. The van der Waals surface area contributed by atoms with Gasteiger partial charge in [-0.3, -0.25) is 4.99 Å². The number of likely N-dealkylation sites (tertiary alicyclic amines) is 1. The molecule has 0 radical (unpaired) electrons. The number of methoxy groups -OCH3 is 1. The van der Waals surface area contributed by atoms with Crippen LogP contribution in [0, 0.1) is 5.92 Å². The number of benzene rings is 3. The highest BCUT2D eigenvalue weighted by molar-refractivity contribution is 6.08. The van der Waals surface area contributed by atoms with Gasteiger partial charge in [0.15, 0.2) is 0 Å². The van der Waals surface area contributed by atoms with Crippen LogP contribution >= 0.6 is 0 Å². The van der Waals surface area contributed by atoms with Gasteiger partial charge in [0.2, 0.25) is 11.8 Å². The number of anilines is 2. The van der Waals surface area contributed by atoms with Crippen molar-refractivity contribution >= 4 is 28.3 Å². The van der Waals surface area contributed by atoms with E-state index in [4.69, 9.17) is 14.9 Å². The molecule has 0 spiro atoms. The smallest absolute Gasteiger partial charge is 0.214 e. The minimum atomic E-state index is 0.348. The molecule has 1 saturated heterocycles. The maximum Gasteiger partial charge on any atom is 0.214 e. The van der Waals surface area contributed by atoms with Gasteiger partial charge in [-0.25, -0.2) is 4.90 Å². The zero-order valence-electron chi connectivity index (χ0n) is 23.2. The van der Waals surface area contributed by atoms with Crippen LogP contribution in [0.5, 0.6) is 5.75 Å². The standard InChI is InChI=1S/C33H40N4O2/c1-35-33(34)37(32-29-14-7-6-13-28(29)24-39-32)30-23-26(15-16-31(30)38-2)12-8-9-19-36-20-17-27(18-21-36)22-25-10-4-3-5-11-25/h3-7,10-11,13-16,23-24,27H,8-9,12,17-22H2,1-2H3,(H2,34,35). The number of hydrogen-bond acceptors (Lipinski definition) is 4. The van der Waals surface area contributed by atoms with Gasteiger partial charge >= 0.3 is 0 Å². The predicted octanol–water partition coefficient (Wildman–Crippen LogP) is 6.80. The molecule has 0 saturated carbocycles. The molecule has 0 unspecified atom stereocenters. The number of hydrogen-bond donors (Lipinski definition) is 1. The number of aliphatic imine (C=N–C) groups is 1. The van der Waals surface area contributed by atoms with Crippen molar-refractivity contribution in [2.24, 2.45) is 16.6 Å². The number of fused-ring (bicyclic) bond motifs is 1. The first kappa shape index (κ1) is 26.8. The zero-order valence-corrected chi connectivity index (χ0v) is 23.2. The normalized spacial score (nSPS) is 15.1. The molecule has 0 aliphatic carbocycles. The lowest BCUT2D eigenvalue weighted by Crippen LogP contribution is -2.35. The van der Waals surface area contributed by atoms with E-state index in [1.165, 1.54) is 56.4 Å². The number of furan rings is 1. The van der Waals surface area contributed by atoms with Crippen molar-refractivity contribution in [1.29, 1.82) is 0 Å². The Morgan fingerprint density at radius 1 is 1.00 bits per heavy atom. The average molecular weight is 525 g/mol. The molecule has 0 bridgehead atoms. The Morgan fingerprint density at radius 2 is 1.77 bits per heavy atom. The molecule has 4 aromatic rings. The quantitative estimate of drug-likeness (QED) is 0.140. The van der Waals surface area contributed by atoms with E-state index in [2.05, 4.69) is 52.4 Å². The van der Waals surface area contributed by atoms with Crippen LogP contribution in [0.4, 0.5) is 11.6 Å². The number of rotatable bonds is 10. The van der Waals surface area contributed by atoms with E-state index in [0.717, 1.165) is 41.0 Å². The molecule has 1 aliphatic heterocycles. The summed E-state index contributed by atoms with van der Waals surface area (Å²) in [4.78, 5) is 8.78. The molecule has 0 amide bonds. The van der Waals surface area contributed by atoms with Crippen molar-refractivity contribution in [3.05, 3.63) is 90.2 Å². The summed E-state index contributed by atoms with van der Waals surface area (Å²) in [6.45, 7) is 3.60. The van der Waals surface area contributed by atoms with Crippen LogP contribution < -0.4 is 15.4 Å². The number of piperidine rings is 1. The van der Waals surface area contributed by atoms with Crippen LogP contribution in [0.3, 0.4) is 0 Å². The molecule has 6 heteroatoms. The number of aryl methyl sites for hydroxylation is 1. The SMILES string of the molecule is CN=C(N)N(c1cc(CCCCN2CCC(Cc3ccccc3)CC2)ccc1OC)c1occ2ccccc12. The van der Waals surface area contributed by atoms with Gasteiger partial charge in [-0.15, -0.1) is 0 Å². The zero-order chi connectivity index (χ0) is 27.0. The number of nitrogens with zero attached hydrogens (tertiary/aromatic N) is 3. The highest BCUT2D eigenvalue weighted by Crippen LogP contribution is 2.39. The average Bonchev–Trinajstić information content (AvgIpc) is 3.40.